The van der Waals surface area contributed by atoms with Gasteiger partial charge in [-0.3, -0.25) is 9.52 Å². The van der Waals surface area contributed by atoms with Crippen LogP contribution in [0.1, 0.15) is 35.0 Å². The summed E-state index contributed by atoms with van der Waals surface area (Å²) < 4.78 is 54.7. The predicted octanol–water partition coefficient (Wildman–Crippen LogP) is 3.86. The van der Waals surface area contributed by atoms with Gasteiger partial charge < -0.3 is 10.3 Å². The predicted molar refractivity (Wildman–Crippen MR) is 108 cm³/mol. The van der Waals surface area contributed by atoms with Gasteiger partial charge in [0, 0.05) is 11.1 Å². The molecule has 0 aliphatic carbocycles. The number of anilines is 2. The molecule has 1 aromatic carbocycles. The molecule has 0 saturated heterocycles. The van der Waals surface area contributed by atoms with Crippen molar-refractivity contribution in [3.8, 4) is 0 Å². The number of aromatic amines is 1. The van der Waals surface area contributed by atoms with Gasteiger partial charge in [-0.15, -0.1) is 0 Å². The van der Waals surface area contributed by atoms with Crippen LogP contribution in [-0.4, -0.2) is 30.0 Å². The Morgan fingerprint density at radius 2 is 1.97 bits per heavy atom. The monoisotopic (exact) mass is 422 g/mol. The Kier molecular flexibility index (Phi) is 5.56. The molecule has 2 aromatic heterocycles. The van der Waals surface area contributed by atoms with E-state index in [1.807, 2.05) is 18.6 Å². The number of pyridine rings is 1. The van der Waals surface area contributed by atoms with Crippen LogP contribution in [0.3, 0.4) is 0 Å². The maximum atomic E-state index is 14.7. The van der Waals surface area contributed by atoms with Gasteiger partial charge in [0.2, 0.25) is 10.0 Å². The van der Waals surface area contributed by atoms with Crippen LogP contribution in [0.2, 0.25) is 0 Å². The molecule has 0 saturated carbocycles. The second-order valence-electron chi connectivity index (χ2n) is 6.65. The Labute approximate surface area is 166 Å². The smallest absolute Gasteiger partial charge is 0.261 e. The third-order valence-corrected chi connectivity index (χ3v) is 5.95. The Hall–Kier alpha value is -3.01. The summed E-state index contributed by atoms with van der Waals surface area (Å²) in [4.78, 5) is 19.8. The first-order valence-electron chi connectivity index (χ1n) is 8.87. The number of amides is 1. The Morgan fingerprint density at radius 1 is 1.24 bits per heavy atom. The molecule has 29 heavy (non-hydrogen) atoms. The van der Waals surface area contributed by atoms with Gasteiger partial charge in [0.1, 0.15) is 17.0 Å². The fourth-order valence-corrected chi connectivity index (χ4v) is 4.04. The Morgan fingerprint density at radius 3 is 2.66 bits per heavy atom. The summed E-state index contributed by atoms with van der Waals surface area (Å²) in [6.45, 7) is 5.41. The average molecular weight is 422 g/mol. The number of nitrogens with one attached hydrogen (secondary N) is 3. The Balaban J connectivity index is 1.93. The summed E-state index contributed by atoms with van der Waals surface area (Å²) in [6.07, 6.45) is 1.68. The van der Waals surface area contributed by atoms with Crippen LogP contribution in [0, 0.1) is 25.5 Å². The number of fused-ring (bicyclic) bond motifs is 1. The van der Waals surface area contributed by atoms with Crippen molar-refractivity contribution >= 4 is 38.3 Å². The number of benzene rings is 1. The molecule has 3 N–H and O–H groups in total. The number of aryl methyl sites for hydroxylation is 2. The fourth-order valence-electron chi connectivity index (χ4n) is 2.91. The van der Waals surface area contributed by atoms with E-state index in [4.69, 9.17) is 0 Å². The zero-order valence-electron chi connectivity index (χ0n) is 16.1. The Bertz CT molecular complexity index is 1210. The molecule has 154 valence electrons. The first-order chi connectivity index (χ1) is 13.6. The number of nitrogens with zero attached hydrogens (tertiary/aromatic N) is 1. The molecule has 0 spiro atoms. The molecule has 3 aromatic rings. The standard InChI is InChI=1S/C19H20F2N4O3S/c1-4-7-29(27,28)25-15-6-5-14(20)16(17(15)21)19(26)24-12-8-13-10(2)11(3)23-18(13)22-9-12/h5-6,8-9,25H,4,7H2,1-3H3,(H,22,23)(H,24,26). The highest BCUT2D eigenvalue weighted by Crippen LogP contribution is 2.25. The van der Waals surface area contributed by atoms with Gasteiger partial charge in [0.05, 0.1) is 23.3 Å². The van der Waals surface area contributed by atoms with Crippen LogP contribution < -0.4 is 10.0 Å². The van der Waals surface area contributed by atoms with Crippen molar-refractivity contribution in [1.82, 2.24) is 9.97 Å². The molecule has 0 radical (unpaired) electrons. The molecule has 10 heteroatoms. The van der Waals surface area contributed by atoms with Gasteiger partial charge >= 0.3 is 0 Å². The second-order valence-corrected chi connectivity index (χ2v) is 8.50. The van der Waals surface area contributed by atoms with Gasteiger partial charge in [-0.25, -0.2) is 22.2 Å². The molecule has 7 nitrogen and oxygen atoms in total. The van der Waals surface area contributed by atoms with E-state index >= 15 is 0 Å². The molecule has 3 rings (SSSR count). The molecule has 0 fully saturated rings. The highest BCUT2D eigenvalue weighted by molar-refractivity contribution is 7.92. The number of hydrogen-bond acceptors (Lipinski definition) is 4. The van der Waals surface area contributed by atoms with Crippen molar-refractivity contribution in [2.75, 3.05) is 15.8 Å². The number of carbonyl (C=O) groups is 1. The van der Waals surface area contributed by atoms with Crippen molar-refractivity contribution in [1.29, 1.82) is 0 Å². The molecule has 0 aliphatic rings. The largest absolute Gasteiger partial charge is 0.343 e. The molecular weight excluding hydrogens is 402 g/mol. The van der Waals surface area contributed by atoms with Gasteiger partial charge in [-0.1, -0.05) is 6.92 Å². The number of carbonyl (C=O) groups excluding carboxylic acids is 1. The summed E-state index contributed by atoms with van der Waals surface area (Å²) in [5.74, 6) is -3.68. The van der Waals surface area contributed by atoms with Crippen LogP contribution >= 0.6 is 0 Å². The number of halogens is 2. The maximum Gasteiger partial charge on any atom is 0.261 e. The first-order valence-corrected chi connectivity index (χ1v) is 10.5. The molecular formula is C19H20F2N4O3S. The fraction of sp³-hybridized carbons (Fsp3) is 0.263. The summed E-state index contributed by atoms with van der Waals surface area (Å²) in [5, 5.41) is 3.18. The van der Waals surface area contributed by atoms with Gasteiger partial charge in [0.25, 0.3) is 5.91 Å². The summed E-state index contributed by atoms with van der Waals surface area (Å²) in [7, 11) is -3.81. The molecule has 0 aliphatic heterocycles. The van der Waals surface area contributed by atoms with E-state index in [0.29, 0.717) is 12.1 Å². The SMILES string of the molecule is CCCS(=O)(=O)Nc1ccc(F)c(C(=O)Nc2cnc3[nH]c(C)c(C)c3c2)c1F. The zero-order valence-corrected chi connectivity index (χ0v) is 16.9. The molecule has 0 atom stereocenters. The number of sulfonamides is 1. The van der Waals surface area contributed by atoms with Crippen molar-refractivity contribution in [2.24, 2.45) is 0 Å². The number of H-pyrrole nitrogens is 1. The van der Waals surface area contributed by atoms with E-state index in [1.54, 1.807) is 13.0 Å². The lowest BCUT2D eigenvalue weighted by atomic mass is 10.1. The highest BCUT2D eigenvalue weighted by Gasteiger charge is 2.23. The maximum absolute atomic E-state index is 14.7. The third-order valence-electron chi connectivity index (χ3n) is 4.47. The number of aromatic nitrogens is 2. The highest BCUT2D eigenvalue weighted by atomic mass is 32.2. The van der Waals surface area contributed by atoms with E-state index in [2.05, 4.69) is 15.3 Å². The minimum absolute atomic E-state index is 0.230. The molecule has 1 amide bonds. The zero-order chi connectivity index (χ0) is 21.3. The van der Waals surface area contributed by atoms with E-state index in [9.17, 15) is 22.0 Å². The van der Waals surface area contributed by atoms with E-state index in [1.165, 1.54) is 6.20 Å². The van der Waals surface area contributed by atoms with E-state index < -0.39 is 38.8 Å². The number of hydrogen-bond donors (Lipinski definition) is 3. The lowest BCUT2D eigenvalue weighted by molar-refractivity contribution is 0.101. The summed E-state index contributed by atoms with van der Waals surface area (Å²) >= 11 is 0. The van der Waals surface area contributed by atoms with Gasteiger partial charge in [-0.2, -0.15) is 0 Å². The lowest BCUT2D eigenvalue weighted by Gasteiger charge is -2.12. The minimum Gasteiger partial charge on any atom is -0.343 e. The van der Waals surface area contributed by atoms with Crippen LogP contribution in [0.25, 0.3) is 11.0 Å². The normalized spacial score (nSPS) is 11.6. The van der Waals surface area contributed by atoms with Crippen molar-refractivity contribution in [3.05, 3.63) is 52.9 Å². The van der Waals surface area contributed by atoms with Crippen molar-refractivity contribution in [2.45, 2.75) is 27.2 Å². The van der Waals surface area contributed by atoms with Gasteiger partial charge in [-0.05, 0) is 44.0 Å². The topological polar surface area (TPSA) is 104 Å². The molecule has 2 heterocycles. The molecule has 0 unspecified atom stereocenters. The quantitative estimate of drug-likeness (QED) is 0.561. The molecule has 0 bridgehead atoms. The van der Waals surface area contributed by atoms with Crippen molar-refractivity contribution in [3.63, 3.8) is 0 Å². The van der Waals surface area contributed by atoms with Crippen molar-refractivity contribution < 1.29 is 22.0 Å². The summed E-state index contributed by atoms with van der Waals surface area (Å²) in [6, 6.07) is 3.42. The van der Waals surface area contributed by atoms with Gasteiger partial charge in [0.15, 0.2) is 5.82 Å². The second kappa shape index (κ2) is 7.78. The van der Waals surface area contributed by atoms with Crippen LogP contribution in [-0.2, 0) is 10.0 Å². The van der Waals surface area contributed by atoms with Crippen LogP contribution in [0.4, 0.5) is 20.2 Å². The lowest BCUT2D eigenvalue weighted by Crippen LogP contribution is -2.20. The van der Waals surface area contributed by atoms with E-state index in [-0.39, 0.29) is 11.4 Å². The van der Waals surface area contributed by atoms with E-state index in [0.717, 1.165) is 28.8 Å². The number of rotatable bonds is 6. The summed E-state index contributed by atoms with van der Waals surface area (Å²) in [5.41, 5.74) is 1.36. The first kappa shape index (κ1) is 20.7. The van der Waals surface area contributed by atoms with Crippen LogP contribution in [0.15, 0.2) is 24.4 Å². The average Bonchev–Trinajstić information content (AvgIpc) is 2.92. The minimum atomic E-state index is -3.81. The van der Waals surface area contributed by atoms with Crippen LogP contribution in [0.5, 0.6) is 0 Å². The third kappa shape index (κ3) is 4.21.